The van der Waals surface area contributed by atoms with Crippen LogP contribution >= 0.6 is 11.3 Å². The Morgan fingerprint density at radius 1 is 1.06 bits per heavy atom. The fourth-order valence-electron chi connectivity index (χ4n) is 4.44. The zero-order chi connectivity index (χ0) is 25.0. The number of phenolic OH excluding ortho intramolecular Hbond substituents is 1. The predicted octanol–water partition coefficient (Wildman–Crippen LogP) is 4.21. The Bertz CT molecular complexity index is 1850. The van der Waals surface area contributed by atoms with Gasteiger partial charge in [-0.1, -0.05) is 30.3 Å². The van der Waals surface area contributed by atoms with Crippen LogP contribution in [0.25, 0.3) is 38.2 Å². The number of aromatic nitrogens is 6. The van der Waals surface area contributed by atoms with E-state index in [1.807, 2.05) is 50.2 Å². The number of hydrogen-bond donors (Lipinski definition) is 2. The number of rotatable bonds is 4. The van der Waals surface area contributed by atoms with Crippen molar-refractivity contribution in [3.8, 4) is 22.7 Å². The Labute approximate surface area is 209 Å². The third-order valence-electron chi connectivity index (χ3n) is 6.08. The Morgan fingerprint density at radius 2 is 1.89 bits per heavy atom. The normalized spacial score (nSPS) is 11.5. The molecule has 0 saturated heterocycles. The van der Waals surface area contributed by atoms with Gasteiger partial charge in [-0.05, 0) is 43.7 Å². The summed E-state index contributed by atoms with van der Waals surface area (Å²) < 4.78 is 3.32. The quantitative estimate of drug-likeness (QED) is 0.375. The minimum Gasteiger partial charge on any atom is -0.508 e. The molecule has 9 nitrogen and oxygen atoms in total. The standard InChI is InChI=1S/C26H21N7O2S/c1-14-6-3-4-9-19(14)33-20(30-25-18(26(33)35)10-15(2)36-25)12-32-24-21(23(27)28-13-29-24)22(31-32)16-7-5-8-17(34)11-16/h3-11,13,34H,12H2,1-2H3,(H2,27,28,29). The zero-order valence-corrected chi connectivity index (χ0v) is 20.3. The number of benzene rings is 2. The highest BCUT2D eigenvalue weighted by Gasteiger charge is 2.21. The van der Waals surface area contributed by atoms with Gasteiger partial charge in [-0.15, -0.1) is 11.3 Å². The molecule has 0 aliphatic carbocycles. The van der Waals surface area contributed by atoms with E-state index in [0.717, 1.165) is 16.1 Å². The molecule has 0 unspecified atom stereocenters. The summed E-state index contributed by atoms with van der Waals surface area (Å²) in [5.74, 6) is 0.907. The molecule has 0 amide bonds. The fourth-order valence-corrected chi connectivity index (χ4v) is 5.33. The largest absolute Gasteiger partial charge is 0.508 e. The molecule has 4 aromatic heterocycles. The highest BCUT2D eigenvalue weighted by Crippen LogP contribution is 2.32. The predicted molar refractivity (Wildman–Crippen MR) is 141 cm³/mol. The molecular formula is C26H21N7O2S. The van der Waals surface area contributed by atoms with Gasteiger partial charge < -0.3 is 10.8 Å². The smallest absolute Gasteiger partial charge is 0.266 e. The van der Waals surface area contributed by atoms with E-state index >= 15 is 0 Å². The molecule has 0 aliphatic heterocycles. The summed E-state index contributed by atoms with van der Waals surface area (Å²) in [6, 6.07) is 16.4. The maximum Gasteiger partial charge on any atom is 0.266 e. The molecule has 178 valence electrons. The van der Waals surface area contributed by atoms with Crippen LogP contribution < -0.4 is 11.3 Å². The number of nitrogen functional groups attached to an aromatic ring is 1. The maximum absolute atomic E-state index is 13.7. The lowest BCUT2D eigenvalue weighted by molar-refractivity contribution is 0.475. The van der Waals surface area contributed by atoms with Gasteiger partial charge in [-0.3, -0.25) is 9.36 Å². The summed E-state index contributed by atoms with van der Waals surface area (Å²) in [5.41, 5.74) is 9.54. The zero-order valence-electron chi connectivity index (χ0n) is 19.5. The van der Waals surface area contributed by atoms with Crippen molar-refractivity contribution in [3.63, 3.8) is 0 Å². The summed E-state index contributed by atoms with van der Waals surface area (Å²) in [6.45, 7) is 4.10. The van der Waals surface area contributed by atoms with Crippen molar-refractivity contribution in [2.45, 2.75) is 20.4 Å². The van der Waals surface area contributed by atoms with E-state index in [9.17, 15) is 9.90 Å². The topological polar surface area (TPSA) is 125 Å². The number of thiophene rings is 1. The van der Waals surface area contributed by atoms with Crippen molar-refractivity contribution in [2.75, 3.05) is 5.73 Å². The van der Waals surface area contributed by atoms with E-state index < -0.39 is 0 Å². The minimum atomic E-state index is -0.132. The molecule has 0 bridgehead atoms. The van der Waals surface area contributed by atoms with Crippen molar-refractivity contribution in [3.05, 3.63) is 87.5 Å². The first-order valence-corrected chi connectivity index (χ1v) is 12.1. The highest BCUT2D eigenvalue weighted by atomic mass is 32.1. The molecule has 10 heteroatoms. The van der Waals surface area contributed by atoms with Gasteiger partial charge in [0, 0.05) is 10.4 Å². The van der Waals surface area contributed by atoms with E-state index in [-0.39, 0.29) is 23.7 Å². The number of phenols is 1. The van der Waals surface area contributed by atoms with Crippen LogP contribution in [0.2, 0.25) is 0 Å². The van der Waals surface area contributed by atoms with Gasteiger partial charge in [-0.2, -0.15) is 5.10 Å². The Hall–Kier alpha value is -4.57. The van der Waals surface area contributed by atoms with Gasteiger partial charge in [0.1, 0.15) is 40.8 Å². The first kappa shape index (κ1) is 21.9. The molecule has 4 heterocycles. The lowest BCUT2D eigenvalue weighted by Crippen LogP contribution is -2.25. The molecule has 6 rings (SSSR count). The van der Waals surface area contributed by atoms with Crippen molar-refractivity contribution < 1.29 is 5.11 Å². The highest BCUT2D eigenvalue weighted by molar-refractivity contribution is 7.18. The molecule has 0 saturated carbocycles. The SMILES string of the molecule is Cc1cc2c(=O)n(-c3ccccc3C)c(Cn3nc(-c4cccc(O)c4)c4c(N)ncnc43)nc2s1. The summed E-state index contributed by atoms with van der Waals surface area (Å²) in [7, 11) is 0. The third-order valence-corrected chi connectivity index (χ3v) is 7.03. The van der Waals surface area contributed by atoms with Crippen molar-refractivity contribution in [2.24, 2.45) is 0 Å². The van der Waals surface area contributed by atoms with Crippen LogP contribution in [-0.4, -0.2) is 34.4 Å². The summed E-state index contributed by atoms with van der Waals surface area (Å²) >= 11 is 1.48. The first-order chi connectivity index (χ1) is 17.4. The van der Waals surface area contributed by atoms with E-state index in [0.29, 0.717) is 38.3 Å². The van der Waals surface area contributed by atoms with Crippen LogP contribution in [-0.2, 0) is 6.54 Å². The lowest BCUT2D eigenvalue weighted by atomic mass is 10.1. The number of aryl methyl sites for hydroxylation is 2. The van der Waals surface area contributed by atoms with Crippen LogP contribution in [0.5, 0.6) is 5.75 Å². The molecule has 36 heavy (non-hydrogen) atoms. The molecule has 6 aromatic rings. The number of fused-ring (bicyclic) bond motifs is 2. The average molecular weight is 496 g/mol. The lowest BCUT2D eigenvalue weighted by Gasteiger charge is -2.15. The summed E-state index contributed by atoms with van der Waals surface area (Å²) in [5, 5.41) is 16.0. The Kier molecular flexibility index (Phi) is 5.04. The number of nitrogens with zero attached hydrogens (tertiary/aromatic N) is 6. The first-order valence-electron chi connectivity index (χ1n) is 11.2. The Balaban J connectivity index is 1.61. The molecule has 2 aromatic carbocycles. The van der Waals surface area contributed by atoms with Crippen LogP contribution in [0.15, 0.2) is 65.7 Å². The summed E-state index contributed by atoms with van der Waals surface area (Å²) in [4.78, 5) is 28.9. The number of aromatic hydroxyl groups is 1. The number of nitrogens with two attached hydrogens (primary N) is 1. The van der Waals surface area contributed by atoms with Gasteiger partial charge in [0.2, 0.25) is 0 Å². The van der Waals surface area contributed by atoms with Crippen LogP contribution in [0.3, 0.4) is 0 Å². The Morgan fingerprint density at radius 3 is 2.69 bits per heavy atom. The van der Waals surface area contributed by atoms with Crippen LogP contribution in [0, 0.1) is 13.8 Å². The number of para-hydroxylation sites is 1. The molecule has 0 spiro atoms. The van der Waals surface area contributed by atoms with Crippen molar-refractivity contribution in [1.29, 1.82) is 0 Å². The van der Waals surface area contributed by atoms with Gasteiger partial charge in [-0.25, -0.2) is 19.6 Å². The molecule has 0 atom stereocenters. The second-order valence-corrected chi connectivity index (χ2v) is 9.78. The van der Waals surface area contributed by atoms with E-state index in [4.69, 9.17) is 15.8 Å². The molecule has 0 radical (unpaired) electrons. The van der Waals surface area contributed by atoms with Crippen LogP contribution in [0.4, 0.5) is 5.82 Å². The number of hydrogen-bond acceptors (Lipinski definition) is 8. The van der Waals surface area contributed by atoms with Crippen molar-refractivity contribution in [1.82, 2.24) is 29.3 Å². The minimum absolute atomic E-state index is 0.110. The molecule has 0 aliphatic rings. The van der Waals surface area contributed by atoms with E-state index in [1.165, 1.54) is 17.7 Å². The fraction of sp³-hybridized carbons (Fsp3) is 0.115. The van der Waals surface area contributed by atoms with E-state index in [2.05, 4.69) is 9.97 Å². The molecule has 3 N–H and O–H groups in total. The average Bonchev–Trinajstić information content (AvgIpc) is 3.41. The molecule has 0 fully saturated rings. The van der Waals surface area contributed by atoms with E-state index in [1.54, 1.807) is 27.4 Å². The van der Waals surface area contributed by atoms with Gasteiger partial charge in [0.25, 0.3) is 5.56 Å². The van der Waals surface area contributed by atoms with Gasteiger partial charge in [0.05, 0.1) is 16.5 Å². The van der Waals surface area contributed by atoms with Crippen LogP contribution in [0.1, 0.15) is 16.3 Å². The maximum atomic E-state index is 13.7. The van der Waals surface area contributed by atoms with Crippen molar-refractivity contribution >= 4 is 38.4 Å². The second kappa shape index (κ2) is 8.28. The second-order valence-electron chi connectivity index (χ2n) is 8.55. The number of anilines is 1. The molecular weight excluding hydrogens is 474 g/mol. The summed E-state index contributed by atoms with van der Waals surface area (Å²) in [6.07, 6.45) is 1.38. The third kappa shape index (κ3) is 3.50. The monoisotopic (exact) mass is 495 g/mol. The van der Waals surface area contributed by atoms with Gasteiger partial charge >= 0.3 is 0 Å². The van der Waals surface area contributed by atoms with Gasteiger partial charge in [0.15, 0.2) is 5.65 Å².